The van der Waals surface area contributed by atoms with Crippen molar-refractivity contribution in [2.45, 2.75) is 58.6 Å². The Kier molecular flexibility index (Phi) is 6.27. The molecular weight excluding hydrogens is 240 g/mol. The number of nitrogens with zero attached hydrogens (tertiary/aromatic N) is 1. The van der Waals surface area contributed by atoms with E-state index < -0.39 is 0 Å². The normalized spacial score (nSPS) is 24.6. The van der Waals surface area contributed by atoms with E-state index in [-0.39, 0.29) is 11.5 Å². The third-order valence-electron chi connectivity index (χ3n) is 4.21. The molecule has 4 heteroatoms. The quantitative estimate of drug-likeness (QED) is 0.803. The van der Waals surface area contributed by atoms with Gasteiger partial charge in [-0.2, -0.15) is 0 Å². The molecule has 2 unspecified atom stereocenters. The number of nitrogens with one attached hydrogen (secondary N) is 1. The van der Waals surface area contributed by atoms with E-state index in [2.05, 4.69) is 19.2 Å². The van der Waals surface area contributed by atoms with Crippen molar-refractivity contribution in [3.63, 3.8) is 0 Å². The van der Waals surface area contributed by atoms with Gasteiger partial charge in [0.05, 0.1) is 12.0 Å². The fourth-order valence-corrected chi connectivity index (χ4v) is 2.75. The number of methoxy groups -OCH3 is 1. The van der Waals surface area contributed by atoms with E-state index >= 15 is 0 Å². The number of carbonyl (C=O) groups excluding carboxylic acids is 1. The van der Waals surface area contributed by atoms with Gasteiger partial charge in [0.15, 0.2) is 0 Å². The molecule has 4 nitrogen and oxygen atoms in total. The number of ether oxygens (including phenoxy) is 1. The highest BCUT2D eigenvalue weighted by atomic mass is 16.5. The lowest BCUT2D eigenvalue weighted by Gasteiger charge is -2.39. The molecule has 0 bridgehead atoms. The summed E-state index contributed by atoms with van der Waals surface area (Å²) in [7, 11) is 1.67. The largest absolute Gasteiger partial charge is 0.378 e. The second kappa shape index (κ2) is 7.25. The Morgan fingerprint density at radius 3 is 2.63 bits per heavy atom. The standard InChI is InChI=1S/C15H30N2O2/c1-6-12-11-17(9-8-13(12)16-7-2)14(18)10-15(3,4)19-5/h12-13,16H,6-11H2,1-5H3. The molecule has 0 spiro atoms. The third kappa shape index (κ3) is 4.77. The van der Waals surface area contributed by atoms with E-state index in [0.717, 1.165) is 32.5 Å². The van der Waals surface area contributed by atoms with Gasteiger partial charge >= 0.3 is 0 Å². The van der Waals surface area contributed by atoms with Crippen molar-refractivity contribution in [3.05, 3.63) is 0 Å². The van der Waals surface area contributed by atoms with Gasteiger partial charge in [-0.25, -0.2) is 0 Å². The minimum atomic E-state index is -0.364. The maximum atomic E-state index is 12.3. The van der Waals surface area contributed by atoms with Crippen LogP contribution in [-0.2, 0) is 9.53 Å². The molecule has 1 saturated heterocycles. The van der Waals surface area contributed by atoms with Gasteiger partial charge in [-0.05, 0) is 32.7 Å². The van der Waals surface area contributed by atoms with E-state index in [1.54, 1.807) is 7.11 Å². The molecule has 1 amide bonds. The average Bonchev–Trinajstić information content (AvgIpc) is 2.39. The van der Waals surface area contributed by atoms with Gasteiger partial charge in [0, 0.05) is 26.2 Å². The molecule has 0 aromatic heterocycles. The molecule has 0 aromatic carbocycles. The molecule has 1 aliphatic heterocycles. The predicted octanol–water partition coefficient (Wildman–Crippen LogP) is 2.04. The minimum Gasteiger partial charge on any atom is -0.378 e. The molecule has 0 radical (unpaired) electrons. The average molecular weight is 270 g/mol. The molecular formula is C15H30N2O2. The molecule has 1 aliphatic rings. The fraction of sp³-hybridized carbons (Fsp3) is 0.933. The molecule has 1 N–H and O–H groups in total. The summed E-state index contributed by atoms with van der Waals surface area (Å²) in [6, 6.07) is 0.564. The Hall–Kier alpha value is -0.610. The number of amides is 1. The highest BCUT2D eigenvalue weighted by molar-refractivity contribution is 5.77. The van der Waals surface area contributed by atoms with Crippen molar-refractivity contribution in [2.75, 3.05) is 26.7 Å². The Labute approximate surface area is 117 Å². The monoisotopic (exact) mass is 270 g/mol. The van der Waals surface area contributed by atoms with E-state index in [0.29, 0.717) is 18.4 Å². The number of carbonyl (C=O) groups is 1. The lowest BCUT2D eigenvalue weighted by molar-refractivity contribution is -0.138. The van der Waals surface area contributed by atoms with Crippen molar-refractivity contribution >= 4 is 5.91 Å². The zero-order chi connectivity index (χ0) is 14.5. The summed E-state index contributed by atoms with van der Waals surface area (Å²) in [6.07, 6.45) is 2.65. The third-order valence-corrected chi connectivity index (χ3v) is 4.21. The summed E-state index contributed by atoms with van der Waals surface area (Å²) >= 11 is 0. The molecule has 112 valence electrons. The molecule has 2 atom stereocenters. The number of hydrogen-bond acceptors (Lipinski definition) is 3. The Bertz CT molecular complexity index is 292. The van der Waals surface area contributed by atoms with Crippen LogP contribution in [0.25, 0.3) is 0 Å². The predicted molar refractivity (Wildman–Crippen MR) is 78.1 cm³/mol. The van der Waals surface area contributed by atoms with Crippen molar-refractivity contribution in [3.8, 4) is 0 Å². The Morgan fingerprint density at radius 2 is 2.11 bits per heavy atom. The van der Waals surface area contributed by atoms with Gasteiger partial charge in [-0.1, -0.05) is 20.3 Å². The van der Waals surface area contributed by atoms with Crippen LogP contribution in [0.5, 0.6) is 0 Å². The molecule has 1 heterocycles. The van der Waals surface area contributed by atoms with E-state index in [1.807, 2.05) is 18.7 Å². The zero-order valence-corrected chi connectivity index (χ0v) is 13.2. The first-order chi connectivity index (χ1) is 8.93. The van der Waals surface area contributed by atoms with Crippen LogP contribution in [0.15, 0.2) is 0 Å². The summed E-state index contributed by atoms with van der Waals surface area (Å²) in [4.78, 5) is 14.3. The van der Waals surface area contributed by atoms with E-state index in [9.17, 15) is 4.79 Å². The van der Waals surface area contributed by atoms with E-state index in [1.165, 1.54) is 0 Å². The van der Waals surface area contributed by atoms with Gasteiger partial charge in [0.25, 0.3) is 0 Å². The number of rotatable bonds is 6. The number of likely N-dealkylation sites (tertiary alicyclic amines) is 1. The summed E-state index contributed by atoms with van der Waals surface area (Å²) in [6.45, 7) is 11.0. The number of hydrogen-bond donors (Lipinski definition) is 1. The smallest absolute Gasteiger partial charge is 0.225 e. The summed E-state index contributed by atoms with van der Waals surface area (Å²) in [5.41, 5.74) is -0.364. The van der Waals surface area contributed by atoms with Crippen LogP contribution in [0.2, 0.25) is 0 Å². The highest BCUT2D eigenvalue weighted by Gasteiger charge is 2.32. The maximum Gasteiger partial charge on any atom is 0.225 e. The molecule has 19 heavy (non-hydrogen) atoms. The van der Waals surface area contributed by atoms with Crippen LogP contribution in [0, 0.1) is 5.92 Å². The van der Waals surface area contributed by atoms with Crippen LogP contribution in [0.4, 0.5) is 0 Å². The Balaban J connectivity index is 2.55. The lowest BCUT2D eigenvalue weighted by atomic mass is 9.89. The van der Waals surface area contributed by atoms with Crippen molar-refractivity contribution in [1.82, 2.24) is 10.2 Å². The van der Waals surface area contributed by atoms with E-state index in [4.69, 9.17) is 4.74 Å². The molecule has 1 fully saturated rings. The summed E-state index contributed by atoms with van der Waals surface area (Å²) in [5, 5.41) is 3.54. The molecule has 0 saturated carbocycles. The second-order valence-electron chi connectivity index (χ2n) is 6.10. The fourth-order valence-electron chi connectivity index (χ4n) is 2.75. The van der Waals surface area contributed by atoms with Crippen LogP contribution >= 0.6 is 0 Å². The molecule has 0 aliphatic carbocycles. The first-order valence-corrected chi connectivity index (χ1v) is 7.49. The van der Waals surface area contributed by atoms with Crippen LogP contribution in [0.3, 0.4) is 0 Å². The highest BCUT2D eigenvalue weighted by Crippen LogP contribution is 2.23. The maximum absolute atomic E-state index is 12.3. The lowest BCUT2D eigenvalue weighted by Crippen LogP contribution is -2.51. The van der Waals surface area contributed by atoms with Crippen LogP contribution in [0.1, 0.15) is 47.0 Å². The SMILES string of the molecule is CCNC1CCN(C(=O)CC(C)(C)OC)CC1CC. The topological polar surface area (TPSA) is 41.6 Å². The van der Waals surface area contributed by atoms with Crippen molar-refractivity contribution < 1.29 is 9.53 Å². The zero-order valence-electron chi connectivity index (χ0n) is 13.2. The molecule has 1 rings (SSSR count). The summed E-state index contributed by atoms with van der Waals surface area (Å²) < 4.78 is 5.35. The first-order valence-electron chi connectivity index (χ1n) is 7.49. The second-order valence-corrected chi connectivity index (χ2v) is 6.10. The van der Waals surface area contributed by atoms with Gasteiger partial charge in [0.2, 0.25) is 5.91 Å². The van der Waals surface area contributed by atoms with Gasteiger partial charge < -0.3 is 15.0 Å². The summed E-state index contributed by atoms with van der Waals surface area (Å²) in [5.74, 6) is 0.795. The van der Waals surface area contributed by atoms with Crippen molar-refractivity contribution in [2.24, 2.45) is 5.92 Å². The first kappa shape index (κ1) is 16.4. The number of piperidine rings is 1. The molecule has 0 aromatic rings. The van der Waals surface area contributed by atoms with Crippen molar-refractivity contribution in [1.29, 1.82) is 0 Å². The van der Waals surface area contributed by atoms with Crippen LogP contribution in [-0.4, -0.2) is 49.2 Å². The van der Waals surface area contributed by atoms with Gasteiger partial charge in [0.1, 0.15) is 0 Å². The van der Waals surface area contributed by atoms with Gasteiger partial charge in [-0.15, -0.1) is 0 Å². The van der Waals surface area contributed by atoms with Gasteiger partial charge in [-0.3, -0.25) is 4.79 Å². The Morgan fingerprint density at radius 1 is 1.42 bits per heavy atom. The van der Waals surface area contributed by atoms with Crippen LogP contribution < -0.4 is 5.32 Å². The minimum absolute atomic E-state index is 0.222.